The smallest absolute Gasteiger partial charge is 0.493 e. The molecule has 2 amide bonds. The van der Waals surface area contributed by atoms with Gasteiger partial charge in [-0.3, -0.25) is 14.4 Å². The van der Waals surface area contributed by atoms with Gasteiger partial charge in [0.1, 0.15) is 0 Å². The van der Waals surface area contributed by atoms with E-state index in [0.717, 1.165) is 5.56 Å². The van der Waals surface area contributed by atoms with Crippen LogP contribution in [0.25, 0.3) is 0 Å². The van der Waals surface area contributed by atoms with Crippen LogP contribution in [0.15, 0.2) is 47.6 Å². The first-order valence-corrected chi connectivity index (χ1v) is 13.4. The van der Waals surface area contributed by atoms with Crippen LogP contribution in [0.3, 0.4) is 0 Å². The summed E-state index contributed by atoms with van der Waals surface area (Å²) in [6.07, 6.45) is -3.99. The number of nitrogens with zero attached hydrogens (tertiary/aromatic N) is 2. The van der Waals surface area contributed by atoms with Gasteiger partial charge in [0, 0.05) is 35.4 Å². The zero-order valence-electron chi connectivity index (χ0n) is 23.8. The number of hydrogen-bond acceptors (Lipinski definition) is 6. The zero-order valence-corrected chi connectivity index (χ0v) is 24.6. The van der Waals surface area contributed by atoms with Crippen LogP contribution < -0.4 is 14.8 Å². The molecule has 1 N–H and O–H groups in total. The Morgan fingerprint density at radius 1 is 1.07 bits per heavy atom. The van der Waals surface area contributed by atoms with Gasteiger partial charge in [-0.05, 0) is 53.9 Å². The molecule has 1 aliphatic rings. The van der Waals surface area contributed by atoms with Crippen LogP contribution in [0, 0.1) is 17.8 Å². The second-order valence-electron chi connectivity index (χ2n) is 9.96. The van der Waals surface area contributed by atoms with Gasteiger partial charge in [0.2, 0.25) is 17.1 Å². The van der Waals surface area contributed by atoms with E-state index in [2.05, 4.69) is 15.2 Å². The molecule has 224 valence electrons. The highest BCUT2D eigenvalue weighted by atomic mass is 35.5. The molecule has 2 aromatic carbocycles. The highest BCUT2D eigenvalue weighted by molar-refractivity contribution is 6.63. The summed E-state index contributed by atoms with van der Waals surface area (Å²) in [5.41, 5.74) is 2.60. The molecule has 2 aromatic rings. The average molecular weight is 598 g/mol. The van der Waals surface area contributed by atoms with Crippen LogP contribution >= 0.6 is 11.6 Å². The molecular formula is C29H35ClF3N3O5. The lowest BCUT2D eigenvalue weighted by molar-refractivity contribution is -0.275. The Bertz CT molecular complexity index is 1250. The number of alkyl halides is 3. The molecule has 1 unspecified atom stereocenters. The molecule has 0 aliphatic carbocycles. The lowest BCUT2D eigenvalue weighted by Gasteiger charge is -2.29. The Morgan fingerprint density at radius 2 is 1.68 bits per heavy atom. The van der Waals surface area contributed by atoms with E-state index < -0.39 is 12.1 Å². The van der Waals surface area contributed by atoms with Crippen molar-refractivity contribution < 1.29 is 37.0 Å². The minimum atomic E-state index is -4.85. The maximum absolute atomic E-state index is 12.8. The number of ether oxygens (including phenoxy) is 2. The first-order valence-electron chi connectivity index (χ1n) is 13.1. The number of nitrogens with one attached hydrogen (secondary N) is 1. The fourth-order valence-electron chi connectivity index (χ4n) is 3.62. The van der Waals surface area contributed by atoms with E-state index in [1.165, 1.54) is 30.3 Å². The van der Waals surface area contributed by atoms with Gasteiger partial charge < -0.3 is 14.8 Å². The predicted molar refractivity (Wildman–Crippen MR) is 151 cm³/mol. The van der Waals surface area contributed by atoms with Crippen LogP contribution in [0.2, 0.25) is 0 Å². The van der Waals surface area contributed by atoms with Gasteiger partial charge in [-0.1, -0.05) is 46.8 Å². The fourth-order valence-corrected chi connectivity index (χ4v) is 3.62. The van der Waals surface area contributed by atoms with Gasteiger partial charge in [-0.15, -0.1) is 13.2 Å². The molecule has 1 aliphatic heterocycles. The van der Waals surface area contributed by atoms with Gasteiger partial charge in [-0.25, -0.2) is 5.01 Å². The molecule has 1 heterocycles. The maximum atomic E-state index is 12.8. The summed E-state index contributed by atoms with van der Waals surface area (Å²) >= 11 is 4.97. The zero-order chi connectivity index (χ0) is 30.9. The van der Waals surface area contributed by atoms with Crippen molar-refractivity contribution in [2.24, 2.45) is 22.9 Å². The first-order chi connectivity index (χ1) is 19.1. The van der Waals surface area contributed by atoms with E-state index in [1.54, 1.807) is 52.0 Å². The first kappa shape index (κ1) is 33.6. The summed E-state index contributed by atoms with van der Waals surface area (Å²) in [6.45, 7) is 9.26. The third-order valence-corrected chi connectivity index (χ3v) is 6.47. The maximum Gasteiger partial charge on any atom is 0.573 e. The molecule has 41 heavy (non-hydrogen) atoms. The Kier molecular flexibility index (Phi) is 12.2. The lowest BCUT2D eigenvalue weighted by Crippen LogP contribution is -2.36. The van der Waals surface area contributed by atoms with E-state index >= 15 is 0 Å². The number of hydrogen-bond donors (Lipinski definition) is 1. The topological polar surface area (TPSA) is 97.3 Å². The van der Waals surface area contributed by atoms with E-state index in [-0.39, 0.29) is 53.5 Å². The summed E-state index contributed by atoms with van der Waals surface area (Å²) in [7, 11) is 1.26. The van der Waals surface area contributed by atoms with Crippen LogP contribution in [-0.4, -0.2) is 41.2 Å². The predicted octanol–water partition coefficient (Wildman–Crippen LogP) is 6.76. The Labute approximate surface area is 242 Å². The normalized spacial score (nSPS) is 15.2. The Balaban J connectivity index is 0.000000883. The van der Waals surface area contributed by atoms with Crippen molar-refractivity contribution in [1.29, 1.82) is 0 Å². The molecule has 12 heteroatoms. The summed E-state index contributed by atoms with van der Waals surface area (Å²) < 4.78 is 47.2. The largest absolute Gasteiger partial charge is 0.573 e. The number of halogens is 4. The number of benzene rings is 2. The Hall–Kier alpha value is -3.60. The van der Waals surface area contributed by atoms with Crippen LogP contribution in [0.1, 0.15) is 58.6 Å². The summed E-state index contributed by atoms with van der Waals surface area (Å²) in [6, 6.07) is 11.2. The summed E-state index contributed by atoms with van der Waals surface area (Å²) in [5.74, 6) is -1.14. The third-order valence-electron chi connectivity index (χ3n) is 6.03. The second-order valence-corrected chi connectivity index (χ2v) is 10.3. The van der Waals surface area contributed by atoms with Gasteiger partial charge in [0.05, 0.1) is 19.4 Å². The highest BCUT2D eigenvalue weighted by Gasteiger charge is 2.34. The van der Waals surface area contributed by atoms with Crippen molar-refractivity contribution in [2.75, 3.05) is 12.4 Å². The molecule has 0 fully saturated rings. The molecule has 0 aromatic heterocycles. The standard InChI is InChI=1S/C25H28F3N3O4.C4H7ClO/c1-5-17-13-22(32)31(14-16-6-9-19(10-7-16)29-24(33)15(2)3)30-23(17)18-8-11-20(21(12-18)34-4)35-25(26,27)28;1-3(2)4(5)6/h6-12,15,17H,5,13-14H2,1-4H3,(H,29,33);3H,1-2H3. The Morgan fingerprint density at radius 3 is 2.17 bits per heavy atom. The van der Waals surface area contributed by atoms with E-state index in [4.69, 9.17) is 16.3 Å². The van der Waals surface area contributed by atoms with Gasteiger partial charge >= 0.3 is 6.36 Å². The van der Waals surface area contributed by atoms with Gasteiger partial charge in [-0.2, -0.15) is 5.10 Å². The molecule has 0 saturated heterocycles. The molecule has 0 spiro atoms. The number of rotatable bonds is 9. The number of hydrazone groups is 1. The van der Waals surface area contributed by atoms with Crippen LogP contribution in [-0.2, 0) is 20.9 Å². The summed E-state index contributed by atoms with van der Waals surface area (Å²) in [4.78, 5) is 34.5. The van der Waals surface area contributed by atoms with Crippen molar-refractivity contribution in [1.82, 2.24) is 5.01 Å². The number of methoxy groups -OCH3 is 1. The van der Waals surface area contributed by atoms with E-state index in [9.17, 15) is 27.6 Å². The minimum Gasteiger partial charge on any atom is -0.493 e. The number of carbonyl (C=O) groups excluding carboxylic acids is 3. The molecule has 3 rings (SSSR count). The second kappa shape index (κ2) is 14.9. The van der Waals surface area contributed by atoms with E-state index in [0.29, 0.717) is 23.4 Å². The van der Waals surface area contributed by atoms with Crippen LogP contribution in [0.4, 0.5) is 18.9 Å². The van der Waals surface area contributed by atoms with Crippen molar-refractivity contribution >= 4 is 40.1 Å². The van der Waals surface area contributed by atoms with Crippen molar-refractivity contribution in [3.05, 3.63) is 53.6 Å². The SMILES string of the molecule is CC(C)C(=O)Cl.CCC1CC(=O)N(Cc2ccc(NC(=O)C(C)C)cc2)N=C1c1ccc(OC(F)(F)F)c(OC)c1. The number of carbonyl (C=O) groups is 3. The van der Waals surface area contributed by atoms with Crippen molar-refractivity contribution in [3.63, 3.8) is 0 Å². The average Bonchev–Trinajstić information content (AvgIpc) is 2.90. The quantitative estimate of drug-likeness (QED) is 0.322. The van der Waals surface area contributed by atoms with E-state index in [1.807, 2.05) is 6.92 Å². The van der Waals surface area contributed by atoms with Crippen molar-refractivity contribution in [3.8, 4) is 11.5 Å². The molecular weight excluding hydrogens is 563 g/mol. The van der Waals surface area contributed by atoms with Crippen LogP contribution in [0.5, 0.6) is 11.5 Å². The molecule has 0 radical (unpaired) electrons. The molecule has 8 nitrogen and oxygen atoms in total. The lowest BCUT2D eigenvalue weighted by atomic mass is 9.89. The summed E-state index contributed by atoms with van der Waals surface area (Å²) in [5, 5.41) is 8.47. The van der Waals surface area contributed by atoms with Gasteiger partial charge in [0.15, 0.2) is 11.5 Å². The van der Waals surface area contributed by atoms with Crippen molar-refractivity contribution in [2.45, 2.75) is 60.4 Å². The fraction of sp³-hybridized carbons (Fsp3) is 0.448. The third kappa shape index (κ3) is 10.4. The molecule has 1 atom stereocenters. The molecule has 0 bridgehead atoms. The monoisotopic (exact) mass is 597 g/mol. The number of anilines is 1. The number of amides is 2. The molecule has 0 saturated carbocycles. The van der Waals surface area contributed by atoms with Gasteiger partial charge in [0.25, 0.3) is 0 Å². The highest BCUT2D eigenvalue weighted by Crippen LogP contribution is 2.35. The minimum absolute atomic E-state index is 0.0216.